The number of nitrogens with zero attached hydrogens (tertiary/aromatic N) is 1. The molecule has 1 aromatic rings. The number of ether oxygens (including phenoxy) is 2. The molecule has 7 nitrogen and oxygen atoms in total. The average Bonchev–Trinajstić information content (AvgIpc) is 3.13. The van der Waals surface area contributed by atoms with E-state index >= 15 is 0 Å². The average molecular weight is 518 g/mol. The Balaban J connectivity index is 0.00000420. The minimum Gasteiger partial charge on any atom is -0.493 e. The van der Waals surface area contributed by atoms with Gasteiger partial charge in [0.15, 0.2) is 17.5 Å². The lowest BCUT2D eigenvalue weighted by atomic mass is 10.1. The minimum atomic E-state index is -0.255. The maximum absolute atomic E-state index is 11.9. The van der Waals surface area contributed by atoms with Gasteiger partial charge in [-0.05, 0) is 64.2 Å². The van der Waals surface area contributed by atoms with Crippen LogP contribution in [0.5, 0.6) is 11.5 Å². The van der Waals surface area contributed by atoms with Crippen molar-refractivity contribution in [2.75, 3.05) is 20.7 Å². The van der Waals surface area contributed by atoms with E-state index in [2.05, 4.69) is 20.9 Å². The Hall–Kier alpha value is -1.71. The molecule has 0 radical (unpaired) electrons. The number of halogens is 1. The van der Waals surface area contributed by atoms with E-state index in [4.69, 9.17) is 9.47 Å². The summed E-state index contributed by atoms with van der Waals surface area (Å²) in [4.78, 5) is 16.1. The molecule has 164 valence electrons. The molecule has 0 aromatic heterocycles. The Bertz CT molecular complexity index is 683. The summed E-state index contributed by atoms with van der Waals surface area (Å²) >= 11 is 0. The highest BCUT2D eigenvalue weighted by atomic mass is 127. The predicted molar refractivity (Wildman–Crippen MR) is 127 cm³/mol. The number of benzene rings is 1. The zero-order valence-electron chi connectivity index (χ0n) is 18.1. The molecule has 1 fully saturated rings. The first-order valence-corrected chi connectivity index (χ1v) is 9.90. The number of aliphatic imine (C=N–C) groups is 1. The van der Waals surface area contributed by atoms with Gasteiger partial charge >= 0.3 is 0 Å². The van der Waals surface area contributed by atoms with Gasteiger partial charge in [-0.3, -0.25) is 9.79 Å². The zero-order valence-corrected chi connectivity index (χ0v) is 20.5. The van der Waals surface area contributed by atoms with E-state index in [0.29, 0.717) is 12.5 Å². The zero-order chi connectivity index (χ0) is 20.6. The molecular formula is C21H35IN4O3. The van der Waals surface area contributed by atoms with E-state index in [9.17, 15) is 4.79 Å². The van der Waals surface area contributed by atoms with E-state index < -0.39 is 0 Å². The topological polar surface area (TPSA) is 84.0 Å². The quantitative estimate of drug-likeness (QED) is 0.294. The second-order valence-electron chi connectivity index (χ2n) is 8.09. The maximum Gasteiger partial charge on any atom is 0.239 e. The highest BCUT2D eigenvalue weighted by Gasteiger charge is 2.19. The second-order valence-corrected chi connectivity index (χ2v) is 8.09. The Morgan fingerprint density at radius 2 is 1.86 bits per heavy atom. The van der Waals surface area contributed by atoms with Crippen molar-refractivity contribution in [3.05, 3.63) is 23.8 Å². The summed E-state index contributed by atoms with van der Waals surface area (Å²) in [7, 11) is 3.34. The molecule has 0 saturated heterocycles. The highest BCUT2D eigenvalue weighted by molar-refractivity contribution is 14.0. The molecule has 1 saturated carbocycles. The van der Waals surface area contributed by atoms with Crippen molar-refractivity contribution in [1.82, 2.24) is 16.0 Å². The van der Waals surface area contributed by atoms with E-state index in [1.54, 1.807) is 14.2 Å². The Morgan fingerprint density at radius 3 is 2.45 bits per heavy atom. The summed E-state index contributed by atoms with van der Waals surface area (Å²) in [5.41, 5.74) is 0.796. The Labute approximate surface area is 191 Å². The van der Waals surface area contributed by atoms with Crippen LogP contribution in [-0.2, 0) is 11.3 Å². The molecule has 1 aromatic carbocycles. The summed E-state index contributed by atoms with van der Waals surface area (Å²) in [5.74, 6) is 2.02. The molecule has 0 aliphatic heterocycles. The summed E-state index contributed by atoms with van der Waals surface area (Å²) in [5, 5.41) is 9.17. The molecule has 3 N–H and O–H groups in total. The van der Waals surface area contributed by atoms with E-state index in [1.165, 1.54) is 12.8 Å². The van der Waals surface area contributed by atoms with Gasteiger partial charge in [0.25, 0.3) is 0 Å². The molecule has 8 heteroatoms. The number of methoxy groups -OCH3 is 1. The van der Waals surface area contributed by atoms with E-state index in [-0.39, 0.29) is 48.1 Å². The van der Waals surface area contributed by atoms with Gasteiger partial charge in [-0.2, -0.15) is 0 Å². The summed E-state index contributed by atoms with van der Waals surface area (Å²) in [6.45, 7) is 6.58. The third-order valence-corrected chi connectivity index (χ3v) is 4.44. The van der Waals surface area contributed by atoms with Crippen molar-refractivity contribution < 1.29 is 14.3 Å². The number of carbonyl (C=O) groups excluding carboxylic acids is 1. The number of carbonyl (C=O) groups is 1. The number of nitrogens with one attached hydrogen (secondary N) is 3. The number of amides is 1. The highest BCUT2D eigenvalue weighted by Crippen LogP contribution is 2.32. The van der Waals surface area contributed by atoms with Crippen LogP contribution in [0.25, 0.3) is 0 Å². The van der Waals surface area contributed by atoms with Crippen molar-refractivity contribution in [2.45, 2.75) is 64.6 Å². The standard InChI is InChI=1S/C21H34N4O3.HI/c1-21(2,3)25-19(26)14-24-20(22-4)23-13-15-10-11-17(27-5)18(12-15)28-16-8-6-7-9-16;/h10-12,16H,6-9,13-14H2,1-5H3,(H,25,26)(H2,22,23,24);1H. The van der Waals surface area contributed by atoms with Gasteiger partial charge in [0.1, 0.15) is 0 Å². The summed E-state index contributed by atoms with van der Waals surface area (Å²) in [6.07, 6.45) is 4.91. The van der Waals surface area contributed by atoms with Gasteiger partial charge in [0, 0.05) is 19.1 Å². The Kier molecular flexibility index (Phi) is 10.6. The first kappa shape index (κ1) is 25.3. The lowest BCUT2D eigenvalue weighted by Gasteiger charge is -2.21. The fraction of sp³-hybridized carbons (Fsp3) is 0.619. The summed E-state index contributed by atoms with van der Waals surface area (Å²) in [6, 6.07) is 5.92. The smallest absolute Gasteiger partial charge is 0.239 e. The molecule has 1 aliphatic rings. The van der Waals surface area contributed by atoms with Crippen LogP contribution in [-0.4, -0.2) is 44.2 Å². The molecule has 0 spiro atoms. The van der Waals surface area contributed by atoms with Crippen molar-refractivity contribution >= 4 is 35.8 Å². The lowest BCUT2D eigenvalue weighted by molar-refractivity contribution is -0.121. The fourth-order valence-electron chi connectivity index (χ4n) is 3.14. The molecule has 0 heterocycles. The third kappa shape index (κ3) is 9.10. The van der Waals surface area contributed by atoms with Crippen LogP contribution in [0.3, 0.4) is 0 Å². The first-order chi connectivity index (χ1) is 13.3. The van der Waals surface area contributed by atoms with E-state index in [0.717, 1.165) is 29.9 Å². The van der Waals surface area contributed by atoms with E-state index in [1.807, 2.05) is 39.0 Å². The van der Waals surface area contributed by atoms with Crippen LogP contribution in [0.2, 0.25) is 0 Å². The van der Waals surface area contributed by atoms with Crippen LogP contribution in [0.15, 0.2) is 23.2 Å². The van der Waals surface area contributed by atoms with Crippen molar-refractivity contribution in [3.63, 3.8) is 0 Å². The first-order valence-electron chi connectivity index (χ1n) is 9.90. The molecule has 2 rings (SSSR count). The van der Waals surface area contributed by atoms with Gasteiger partial charge in [-0.15, -0.1) is 24.0 Å². The number of hydrogen-bond acceptors (Lipinski definition) is 4. The van der Waals surface area contributed by atoms with Crippen molar-refractivity contribution in [2.24, 2.45) is 4.99 Å². The number of rotatable bonds is 7. The van der Waals surface area contributed by atoms with Gasteiger partial charge in [-0.1, -0.05) is 6.07 Å². The molecule has 1 amide bonds. The molecule has 0 atom stereocenters. The van der Waals surface area contributed by atoms with Crippen LogP contribution < -0.4 is 25.4 Å². The number of hydrogen-bond donors (Lipinski definition) is 3. The monoisotopic (exact) mass is 518 g/mol. The van der Waals surface area contributed by atoms with Gasteiger partial charge in [0.2, 0.25) is 5.91 Å². The van der Waals surface area contributed by atoms with Crippen molar-refractivity contribution in [3.8, 4) is 11.5 Å². The minimum absolute atomic E-state index is 0. The van der Waals surface area contributed by atoms with Crippen LogP contribution in [0.4, 0.5) is 0 Å². The lowest BCUT2D eigenvalue weighted by Crippen LogP contribution is -2.48. The number of guanidine groups is 1. The molecule has 1 aliphatic carbocycles. The second kappa shape index (κ2) is 12.1. The molecule has 0 bridgehead atoms. The van der Waals surface area contributed by atoms with Crippen LogP contribution in [0, 0.1) is 0 Å². The van der Waals surface area contributed by atoms with Gasteiger partial charge in [0.05, 0.1) is 19.8 Å². The SMILES string of the molecule is CN=C(NCC(=O)NC(C)(C)C)NCc1ccc(OC)c(OC2CCCC2)c1.I. The van der Waals surface area contributed by atoms with Crippen LogP contribution >= 0.6 is 24.0 Å². The van der Waals surface area contributed by atoms with Crippen LogP contribution in [0.1, 0.15) is 52.0 Å². The maximum atomic E-state index is 11.9. The normalized spacial score (nSPS) is 14.7. The van der Waals surface area contributed by atoms with Gasteiger partial charge < -0.3 is 25.4 Å². The fourth-order valence-corrected chi connectivity index (χ4v) is 3.14. The third-order valence-electron chi connectivity index (χ3n) is 4.44. The van der Waals surface area contributed by atoms with Crippen molar-refractivity contribution in [1.29, 1.82) is 0 Å². The predicted octanol–water partition coefficient (Wildman–Crippen LogP) is 3.21. The Morgan fingerprint density at radius 1 is 1.17 bits per heavy atom. The summed E-state index contributed by atoms with van der Waals surface area (Å²) < 4.78 is 11.6. The molecular weight excluding hydrogens is 483 g/mol. The largest absolute Gasteiger partial charge is 0.493 e. The molecule has 0 unspecified atom stereocenters. The molecule has 29 heavy (non-hydrogen) atoms. The van der Waals surface area contributed by atoms with Gasteiger partial charge in [-0.25, -0.2) is 0 Å².